The van der Waals surface area contributed by atoms with E-state index in [1.54, 1.807) is 12.1 Å². The molecule has 5 aliphatic rings. The molecule has 6 nitrogen and oxygen atoms in total. The van der Waals surface area contributed by atoms with Gasteiger partial charge in [0, 0.05) is 29.7 Å². The van der Waals surface area contributed by atoms with Crippen molar-refractivity contribution in [3.63, 3.8) is 0 Å². The minimum Gasteiger partial charge on any atom is -0.508 e. The fourth-order valence-electron chi connectivity index (χ4n) is 11.6. The van der Waals surface area contributed by atoms with Gasteiger partial charge in [0.25, 0.3) is 0 Å². The van der Waals surface area contributed by atoms with E-state index < -0.39 is 11.5 Å². The Kier molecular flexibility index (Phi) is 7.43. The highest BCUT2D eigenvalue weighted by atomic mass is 16.6. The number of nitrogens with one attached hydrogen (secondary N) is 1. The zero-order valence-electron chi connectivity index (χ0n) is 28.5. The molecule has 0 bridgehead atoms. The van der Waals surface area contributed by atoms with Crippen LogP contribution in [0.4, 0.5) is 0 Å². The number of Topliss-reactive ketones (excluding diaryl/α,β-unsaturated/α-hetero) is 2. The minimum absolute atomic E-state index is 0.00502. The molecule has 44 heavy (non-hydrogen) atoms. The van der Waals surface area contributed by atoms with Gasteiger partial charge in [-0.3, -0.25) is 9.59 Å². The molecule has 0 aromatic heterocycles. The lowest BCUT2D eigenvalue weighted by Gasteiger charge is -2.68. The summed E-state index contributed by atoms with van der Waals surface area (Å²) in [6.07, 6.45) is 5.05. The van der Waals surface area contributed by atoms with Crippen molar-refractivity contribution in [1.82, 2.24) is 5.32 Å². The van der Waals surface area contributed by atoms with E-state index in [2.05, 4.69) is 52.9 Å². The van der Waals surface area contributed by atoms with Gasteiger partial charge in [0.15, 0.2) is 5.78 Å². The molecular formula is C38H55NO5. The standard InChI is InChI=1S/C38H55NO5/c1-21(14-27(41)33-35(4,5)44-33)31-26-10-11-30-36(6)18-25(23-15-22(20-39-9)16-24(40)17-23)32(43)34(2,3)29(36)12-13-37(30,7)38(26,8)19-28(31)42/h15-17,21,25,27,29-30,33,39-41H,10-14,18-20H2,1-9H3/t21-,25-,27-,29-,30+,33+,36-,37+,38+/m1/s1. The van der Waals surface area contributed by atoms with Crippen molar-refractivity contribution >= 4 is 11.6 Å². The van der Waals surface area contributed by atoms with Crippen LogP contribution in [0, 0.1) is 39.4 Å². The number of fused-ring (bicyclic) bond motifs is 5. The fourth-order valence-corrected chi connectivity index (χ4v) is 11.6. The van der Waals surface area contributed by atoms with Crippen LogP contribution < -0.4 is 5.32 Å². The van der Waals surface area contributed by atoms with Crippen LogP contribution in [0.5, 0.6) is 5.75 Å². The van der Waals surface area contributed by atoms with Gasteiger partial charge in [0.05, 0.1) is 11.7 Å². The first kappa shape index (κ1) is 31.9. The number of allylic oxidation sites excluding steroid dienone is 2. The molecule has 242 valence electrons. The molecule has 0 spiro atoms. The predicted molar refractivity (Wildman–Crippen MR) is 172 cm³/mol. The maximum atomic E-state index is 14.3. The second-order valence-electron chi connectivity index (χ2n) is 17.1. The third-order valence-electron chi connectivity index (χ3n) is 13.8. The van der Waals surface area contributed by atoms with Crippen molar-refractivity contribution in [2.75, 3.05) is 7.05 Å². The Morgan fingerprint density at radius 1 is 1.02 bits per heavy atom. The average Bonchev–Trinajstić information content (AvgIpc) is 3.46. The van der Waals surface area contributed by atoms with E-state index in [1.165, 1.54) is 5.57 Å². The van der Waals surface area contributed by atoms with Gasteiger partial charge >= 0.3 is 0 Å². The van der Waals surface area contributed by atoms with E-state index in [9.17, 15) is 19.8 Å². The highest BCUT2D eigenvalue weighted by Crippen LogP contribution is 2.74. The highest BCUT2D eigenvalue weighted by Gasteiger charge is 2.69. The van der Waals surface area contributed by atoms with E-state index in [1.807, 2.05) is 20.9 Å². The molecule has 0 amide bonds. The number of carbonyl (C=O) groups excluding carboxylic acids is 2. The van der Waals surface area contributed by atoms with Crippen molar-refractivity contribution in [2.24, 2.45) is 39.4 Å². The van der Waals surface area contributed by atoms with Gasteiger partial charge in [-0.15, -0.1) is 0 Å². The second kappa shape index (κ2) is 10.2. The van der Waals surface area contributed by atoms with Crippen LogP contribution in [0.2, 0.25) is 0 Å². The summed E-state index contributed by atoms with van der Waals surface area (Å²) in [4.78, 5) is 28.2. The van der Waals surface area contributed by atoms with Crippen LogP contribution in [0.3, 0.4) is 0 Å². The molecule has 1 aromatic rings. The summed E-state index contributed by atoms with van der Waals surface area (Å²) in [6.45, 7) is 18.4. The lowest BCUT2D eigenvalue weighted by molar-refractivity contribution is -0.183. The van der Waals surface area contributed by atoms with Crippen molar-refractivity contribution in [3.05, 3.63) is 40.5 Å². The number of hydrogen-bond acceptors (Lipinski definition) is 6. The first-order valence-corrected chi connectivity index (χ1v) is 17.0. The van der Waals surface area contributed by atoms with Gasteiger partial charge in [-0.1, -0.05) is 53.2 Å². The summed E-state index contributed by atoms with van der Waals surface area (Å²) >= 11 is 0. The monoisotopic (exact) mass is 605 g/mol. The zero-order valence-corrected chi connectivity index (χ0v) is 28.5. The molecule has 9 atom stereocenters. The number of ether oxygens (including phenoxy) is 1. The van der Waals surface area contributed by atoms with Crippen LogP contribution in [-0.2, 0) is 20.9 Å². The Bertz CT molecular complexity index is 1410. The van der Waals surface area contributed by atoms with E-state index >= 15 is 0 Å². The normalized spacial score (nSPS) is 40.2. The molecule has 1 aromatic carbocycles. The summed E-state index contributed by atoms with van der Waals surface area (Å²) in [6, 6.07) is 5.69. The molecule has 4 aliphatic carbocycles. The van der Waals surface area contributed by atoms with Crippen molar-refractivity contribution < 1.29 is 24.5 Å². The Morgan fingerprint density at radius 2 is 1.70 bits per heavy atom. The number of hydrogen-bond donors (Lipinski definition) is 3. The van der Waals surface area contributed by atoms with Crippen LogP contribution in [-0.4, -0.2) is 46.6 Å². The molecule has 6 rings (SSSR count). The number of aromatic hydroxyl groups is 1. The van der Waals surface area contributed by atoms with Gasteiger partial charge < -0.3 is 20.3 Å². The van der Waals surface area contributed by atoms with Crippen LogP contribution in [0.1, 0.15) is 117 Å². The smallest absolute Gasteiger partial charge is 0.159 e. The second-order valence-corrected chi connectivity index (χ2v) is 17.1. The van der Waals surface area contributed by atoms with Crippen molar-refractivity contribution in [1.29, 1.82) is 0 Å². The fraction of sp³-hybridized carbons (Fsp3) is 0.737. The Hall–Kier alpha value is -2.02. The van der Waals surface area contributed by atoms with Crippen LogP contribution in [0.25, 0.3) is 0 Å². The molecule has 4 fully saturated rings. The number of ketones is 2. The van der Waals surface area contributed by atoms with Crippen molar-refractivity contribution in [3.8, 4) is 5.75 Å². The van der Waals surface area contributed by atoms with Gasteiger partial charge in [0.1, 0.15) is 17.6 Å². The van der Waals surface area contributed by atoms with E-state index in [4.69, 9.17) is 4.74 Å². The number of aliphatic hydroxyl groups is 1. The van der Waals surface area contributed by atoms with Gasteiger partial charge in [-0.2, -0.15) is 0 Å². The third kappa shape index (κ3) is 4.52. The third-order valence-corrected chi connectivity index (χ3v) is 13.8. The zero-order chi connectivity index (χ0) is 32.2. The Balaban J connectivity index is 1.35. The first-order chi connectivity index (χ1) is 20.4. The van der Waals surface area contributed by atoms with E-state index in [0.717, 1.165) is 48.8 Å². The van der Waals surface area contributed by atoms with Gasteiger partial charge in [-0.05, 0) is 117 Å². The Morgan fingerprint density at radius 3 is 2.34 bits per heavy atom. The number of epoxide rings is 1. The van der Waals surface area contributed by atoms with E-state index in [-0.39, 0.29) is 57.2 Å². The summed E-state index contributed by atoms with van der Waals surface area (Å²) < 4.78 is 5.73. The summed E-state index contributed by atoms with van der Waals surface area (Å²) in [5, 5.41) is 24.8. The molecule has 6 heteroatoms. The maximum absolute atomic E-state index is 14.3. The minimum atomic E-state index is -0.570. The predicted octanol–water partition coefficient (Wildman–Crippen LogP) is 6.87. The SMILES string of the molecule is CNCc1cc(O)cc([C@H]2C[C@]3(C)[C@H](CC[C@@]4(C)[C@H]3CCC3=C([C@H](C)C[C@@H](O)[C@@H]5OC5(C)C)C(=O)C[C@@]34C)C(C)(C)C2=O)c1. The quantitative estimate of drug-likeness (QED) is 0.294. The first-order valence-electron chi connectivity index (χ1n) is 17.0. The lowest BCUT2D eigenvalue weighted by Crippen LogP contribution is -2.63. The topological polar surface area (TPSA) is 99.2 Å². The lowest BCUT2D eigenvalue weighted by atomic mass is 9.35. The van der Waals surface area contributed by atoms with Gasteiger partial charge in [0.2, 0.25) is 0 Å². The van der Waals surface area contributed by atoms with E-state index in [0.29, 0.717) is 31.1 Å². The summed E-state index contributed by atoms with van der Waals surface area (Å²) in [7, 11) is 1.89. The number of phenolic OH excluding ortho intramolecular Hbond substituents is 1. The van der Waals surface area contributed by atoms with Crippen LogP contribution >= 0.6 is 0 Å². The van der Waals surface area contributed by atoms with Crippen molar-refractivity contribution in [2.45, 2.75) is 131 Å². The number of phenols is 1. The largest absolute Gasteiger partial charge is 0.508 e. The molecule has 1 saturated heterocycles. The molecule has 0 radical (unpaired) electrons. The summed E-state index contributed by atoms with van der Waals surface area (Å²) in [5.74, 6) is 1.15. The number of carbonyl (C=O) groups is 2. The summed E-state index contributed by atoms with van der Waals surface area (Å²) in [5.41, 5.74) is 3.09. The number of rotatable bonds is 7. The highest BCUT2D eigenvalue weighted by molar-refractivity contribution is 6.00. The molecule has 0 unspecified atom stereocenters. The number of aliphatic hydroxyl groups excluding tert-OH is 1. The number of benzene rings is 1. The molecule has 1 aliphatic heterocycles. The maximum Gasteiger partial charge on any atom is 0.159 e. The Labute approximate surface area is 264 Å². The molecule has 3 saturated carbocycles. The van der Waals surface area contributed by atoms with Gasteiger partial charge in [-0.25, -0.2) is 0 Å². The molecular weight excluding hydrogens is 550 g/mol. The molecule has 3 N–H and O–H groups in total. The average molecular weight is 606 g/mol. The van der Waals surface area contributed by atoms with Crippen LogP contribution in [0.15, 0.2) is 29.3 Å². The molecule has 1 heterocycles.